The smallest absolute Gasteiger partial charge is 0.265 e. The monoisotopic (exact) mass is 438 g/mol. The molecule has 0 spiro atoms. The summed E-state index contributed by atoms with van der Waals surface area (Å²) in [7, 11) is -6.64. The van der Waals surface area contributed by atoms with Crippen LogP contribution < -0.4 is 13.8 Å². The van der Waals surface area contributed by atoms with Crippen LogP contribution in [0.5, 0.6) is 5.75 Å². The Labute approximate surface area is 170 Å². The molecule has 1 saturated heterocycles. The number of sulfonamides is 2. The van der Waals surface area contributed by atoms with E-state index in [1.807, 2.05) is 19.1 Å². The Morgan fingerprint density at radius 2 is 1.69 bits per heavy atom. The third-order valence-corrected chi connectivity index (χ3v) is 7.73. The lowest BCUT2D eigenvalue weighted by Crippen LogP contribution is -2.29. The zero-order valence-corrected chi connectivity index (χ0v) is 18.1. The van der Waals surface area contributed by atoms with E-state index >= 15 is 0 Å². The van der Waals surface area contributed by atoms with Crippen LogP contribution in [0.25, 0.3) is 0 Å². The van der Waals surface area contributed by atoms with E-state index in [4.69, 9.17) is 4.74 Å². The molecule has 1 N–H and O–H groups in total. The second-order valence-corrected chi connectivity index (χ2v) is 10.5. The van der Waals surface area contributed by atoms with Gasteiger partial charge < -0.3 is 4.74 Å². The molecular formula is C19H22N2O6S2. The van der Waals surface area contributed by atoms with Gasteiger partial charge in [-0.05, 0) is 50.1 Å². The van der Waals surface area contributed by atoms with E-state index in [-0.39, 0.29) is 28.5 Å². The van der Waals surface area contributed by atoms with E-state index in [0.717, 1.165) is 22.8 Å². The molecule has 0 unspecified atom stereocenters. The van der Waals surface area contributed by atoms with Crippen molar-refractivity contribution in [2.75, 3.05) is 21.9 Å². The number of carbonyl (C=O) groups excluding carboxylic acids is 1. The first kappa shape index (κ1) is 21.1. The molecule has 2 aromatic carbocycles. The number of hydrogen-bond acceptors (Lipinski definition) is 6. The number of ether oxygens (including phenoxy) is 1. The van der Waals surface area contributed by atoms with Crippen LogP contribution in [0.3, 0.4) is 0 Å². The first-order valence-corrected chi connectivity index (χ1v) is 11.9. The van der Waals surface area contributed by atoms with Crippen LogP contribution in [-0.2, 0) is 24.8 Å². The van der Waals surface area contributed by atoms with E-state index in [1.165, 1.54) is 19.2 Å². The summed E-state index contributed by atoms with van der Waals surface area (Å²) in [6, 6.07) is 7.53. The SMILES string of the molecule is COc1ccc(N2C(=O)CCS2(=O)=O)cc1S(=O)(=O)Nc1c(C)cc(C)cc1C. The van der Waals surface area contributed by atoms with Crippen molar-refractivity contribution in [1.82, 2.24) is 0 Å². The van der Waals surface area contributed by atoms with Crippen molar-refractivity contribution in [3.05, 3.63) is 47.0 Å². The number of nitrogens with zero attached hydrogens (tertiary/aromatic N) is 1. The molecule has 1 heterocycles. The standard InChI is InChI=1S/C19H22N2O6S2/c1-12-9-13(2)19(14(3)10-12)20-29(25,26)17-11-15(5-6-16(17)27-4)21-18(22)7-8-28(21,23)24/h5-6,9-11,20H,7-8H2,1-4H3. The maximum absolute atomic E-state index is 13.1. The van der Waals surface area contributed by atoms with Gasteiger partial charge in [0.15, 0.2) is 0 Å². The maximum atomic E-state index is 13.1. The Bertz CT molecular complexity index is 1180. The van der Waals surface area contributed by atoms with Gasteiger partial charge in [0.05, 0.1) is 24.2 Å². The number of hydrogen-bond donors (Lipinski definition) is 1. The first-order chi connectivity index (χ1) is 13.5. The van der Waals surface area contributed by atoms with E-state index in [0.29, 0.717) is 9.99 Å². The Hall–Kier alpha value is -2.59. The molecule has 1 aliphatic heterocycles. The topological polar surface area (TPSA) is 110 Å². The molecule has 0 bridgehead atoms. The molecule has 156 valence electrons. The van der Waals surface area contributed by atoms with Crippen molar-refractivity contribution >= 4 is 37.3 Å². The summed E-state index contributed by atoms with van der Waals surface area (Å²) in [6.07, 6.45) is -0.142. The van der Waals surface area contributed by atoms with Gasteiger partial charge in [-0.15, -0.1) is 0 Å². The van der Waals surface area contributed by atoms with Gasteiger partial charge in [0, 0.05) is 6.42 Å². The Kier molecular flexibility index (Phi) is 5.35. The lowest BCUT2D eigenvalue weighted by Gasteiger charge is -2.19. The fraction of sp³-hybridized carbons (Fsp3) is 0.316. The summed E-state index contributed by atoms with van der Waals surface area (Å²) in [6.45, 7) is 5.50. The molecule has 0 radical (unpaired) electrons. The minimum Gasteiger partial charge on any atom is -0.495 e. The van der Waals surface area contributed by atoms with Gasteiger partial charge >= 0.3 is 0 Å². The van der Waals surface area contributed by atoms with Crippen LogP contribution in [0.4, 0.5) is 11.4 Å². The predicted molar refractivity (Wildman–Crippen MR) is 110 cm³/mol. The number of anilines is 2. The summed E-state index contributed by atoms with van der Waals surface area (Å²) in [5, 5.41) is 0. The molecule has 2 aromatic rings. The molecular weight excluding hydrogens is 416 g/mol. The van der Waals surface area contributed by atoms with Gasteiger partial charge in [0.25, 0.3) is 10.0 Å². The molecule has 0 aromatic heterocycles. The van der Waals surface area contributed by atoms with Crippen molar-refractivity contribution in [2.24, 2.45) is 0 Å². The molecule has 0 aliphatic carbocycles. The molecule has 0 saturated carbocycles. The first-order valence-electron chi connectivity index (χ1n) is 8.81. The summed E-state index contributed by atoms with van der Waals surface area (Å²) in [5.74, 6) is -0.871. The highest BCUT2D eigenvalue weighted by Crippen LogP contribution is 2.34. The van der Waals surface area contributed by atoms with Crippen LogP contribution in [-0.4, -0.2) is 35.6 Å². The van der Waals surface area contributed by atoms with E-state index < -0.39 is 26.0 Å². The molecule has 29 heavy (non-hydrogen) atoms. The van der Waals surface area contributed by atoms with Crippen LogP contribution in [0.15, 0.2) is 35.2 Å². The second kappa shape index (κ2) is 7.34. The summed E-state index contributed by atoms with van der Waals surface area (Å²) in [5.41, 5.74) is 2.90. The van der Waals surface area contributed by atoms with Crippen LogP contribution >= 0.6 is 0 Å². The average Bonchev–Trinajstić information content (AvgIpc) is 2.90. The molecule has 10 heteroatoms. The molecule has 3 rings (SSSR count). The molecule has 0 atom stereocenters. The Morgan fingerprint density at radius 3 is 2.21 bits per heavy atom. The number of aryl methyl sites for hydroxylation is 3. The van der Waals surface area contributed by atoms with Gasteiger partial charge in [-0.25, -0.2) is 21.1 Å². The summed E-state index contributed by atoms with van der Waals surface area (Å²) < 4.78 is 59.1. The molecule has 1 aliphatic rings. The fourth-order valence-corrected chi connectivity index (χ4v) is 6.25. The van der Waals surface area contributed by atoms with E-state index in [2.05, 4.69) is 4.72 Å². The minimum absolute atomic E-state index is 0.0349. The lowest BCUT2D eigenvalue weighted by molar-refractivity contribution is -0.116. The van der Waals surface area contributed by atoms with Gasteiger partial charge in [-0.2, -0.15) is 0 Å². The average molecular weight is 439 g/mol. The maximum Gasteiger partial charge on any atom is 0.265 e. The van der Waals surface area contributed by atoms with Crippen molar-refractivity contribution in [3.63, 3.8) is 0 Å². The van der Waals surface area contributed by atoms with Crippen LogP contribution in [0, 0.1) is 20.8 Å². The van der Waals surface area contributed by atoms with Crippen molar-refractivity contribution in [2.45, 2.75) is 32.1 Å². The Balaban J connectivity index is 2.11. The predicted octanol–water partition coefficient (Wildman–Crippen LogP) is 2.49. The zero-order chi connectivity index (χ0) is 21.6. The summed E-state index contributed by atoms with van der Waals surface area (Å²) >= 11 is 0. The summed E-state index contributed by atoms with van der Waals surface area (Å²) in [4.78, 5) is 11.8. The molecule has 1 fully saturated rings. The highest BCUT2D eigenvalue weighted by Gasteiger charge is 2.37. The number of rotatable bonds is 5. The van der Waals surface area contributed by atoms with Crippen LogP contribution in [0.1, 0.15) is 23.1 Å². The number of nitrogens with one attached hydrogen (secondary N) is 1. The molecule has 8 nitrogen and oxygen atoms in total. The number of carbonyl (C=O) groups is 1. The van der Waals surface area contributed by atoms with Gasteiger partial charge in [0.1, 0.15) is 10.6 Å². The Morgan fingerprint density at radius 1 is 1.07 bits per heavy atom. The quantitative estimate of drug-likeness (QED) is 0.768. The van der Waals surface area contributed by atoms with Crippen molar-refractivity contribution in [1.29, 1.82) is 0 Å². The third kappa shape index (κ3) is 3.95. The lowest BCUT2D eigenvalue weighted by atomic mass is 10.1. The van der Waals surface area contributed by atoms with Gasteiger partial charge in [-0.1, -0.05) is 17.7 Å². The fourth-order valence-electron chi connectivity index (χ4n) is 3.40. The molecule has 1 amide bonds. The highest BCUT2D eigenvalue weighted by molar-refractivity contribution is 7.94. The van der Waals surface area contributed by atoms with Crippen molar-refractivity contribution in [3.8, 4) is 5.75 Å². The number of amides is 1. The van der Waals surface area contributed by atoms with E-state index in [9.17, 15) is 21.6 Å². The van der Waals surface area contributed by atoms with Gasteiger partial charge in [-0.3, -0.25) is 9.52 Å². The second-order valence-electron chi connectivity index (χ2n) is 6.94. The van der Waals surface area contributed by atoms with Crippen LogP contribution in [0.2, 0.25) is 0 Å². The van der Waals surface area contributed by atoms with Crippen molar-refractivity contribution < 1.29 is 26.4 Å². The number of methoxy groups -OCH3 is 1. The van der Waals surface area contributed by atoms with E-state index in [1.54, 1.807) is 13.8 Å². The zero-order valence-electron chi connectivity index (χ0n) is 16.5. The third-order valence-electron chi connectivity index (χ3n) is 4.66. The minimum atomic E-state index is -4.13. The normalized spacial score (nSPS) is 16.1. The number of benzene rings is 2. The van der Waals surface area contributed by atoms with Gasteiger partial charge in [0.2, 0.25) is 15.9 Å². The highest BCUT2D eigenvalue weighted by atomic mass is 32.2. The largest absolute Gasteiger partial charge is 0.495 e.